The van der Waals surface area contributed by atoms with Crippen molar-refractivity contribution in [3.05, 3.63) is 70.7 Å². The molecule has 1 aromatic heterocycles. The molecule has 2 atom stereocenters. The highest BCUT2D eigenvalue weighted by atomic mass is 19.1. The molecule has 158 valence electrons. The van der Waals surface area contributed by atoms with Crippen LogP contribution in [0.4, 0.5) is 4.39 Å². The molecule has 2 aromatic rings. The molecule has 3 aliphatic rings. The second-order valence-corrected chi connectivity index (χ2v) is 7.83. The number of allylic oxidation sites excluding steroid dienone is 1. The smallest absolute Gasteiger partial charge is 0.179 e. The average Bonchev–Trinajstić information content (AvgIpc) is 3.16. The molecule has 8 nitrogen and oxygen atoms in total. The number of hydrogen-bond donors (Lipinski definition) is 1. The van der Waals surface area contributed by atoms with Gasteiger partial charge in [-0.2, -0.15) is 15.3 Å². The Kier molecular flexibility index (Phi) is 5.11. The maximum atomic E-state index is 13.6. The van der Waals surface area contributed by atoms with E-state index in [-0.39, 0.29) is 36.6 Å². The molecule has 1 N–H and O–H groups in total. The van der Waals surface area contributed by atoms with Crippen molar-refractivity contribution in [3.63, 3.8) is 0 Å². The highest BCUT2D eigenvalue weighted by Crippen LogP contribution is 2.47. The number of halogens is 1. The van der Waals surface area contributed by atoms with Crippen LogP contribution in [0.15, 0.2) is 68.7 Å². The number of hydrogen-bond acceptors (Lipinski definition) is 7. The van der Waals surface area contributed by atoms with Crippen molar-refractivity contribution in [3.8, 4) is 0 Å². The quantitative estimate of drug-likeness (QED) is 0.803. The van der Waals surface area contributed by atoms with Gasteiger partial charge in [-0.25, -0.2) is 14.1 Å². The molecule has 2 unspecified atom stereocenters. The molecule has 0 fully saturated rings. The number of carbonyl (C=O) groups excluding carboxylic acids is 1. The largest absolute Gasteiger partial charge is 0.396 e. The first-order valence-corrected chi connectivity index (χ1v) is 10.3. The molecule has 5 rings (SSSR count). The molecular formula is C22H21FN6O2. The summed E-state index contributed by atoms with van der Waals surface area (Å²) >= 11 is 0. The maximum absolute atomic E-state index is 13.6. The molecule has 2 aliphatic heterocycles. The Bertz CT molecular complexity index is 1150. The fourth-order valence-corrected chi connectivity index (χ4v) is 4.58. The summed E-state index contributed by atoms with van der Waals surface area (Å²) < 4.78 is 15.4. The van der Waals surface area contributed by atoms with Gasteiger partial charge in [0.1, 0.15) is 24.5 Å². The van der Waals surface area contributed by atoms with Crippen LogP contribution in [0.3, 0.4) is 0 Å². The van der Waals surface area contributed by atoms with Crippen molar-refractivity contribution in [2.45, 2.75) is 31.2 Å². The third-order valence-corrected chi connectivity index (χ3v) is 5.92. The highest BCUT2D eigenvalue weighted by molar-refractivity contribution is 6.13. The van der Waals surface area contributed by atoms with Crippen molar-refractivity contribution in [1.29, 1.82) is 0 Å². The Hall–Kier alpha value is -3.33. The van der Waals surface area contributed by atoms with Crippen LogP contribution in [0.5, 0.6) is 0 Å². The number of rotatable bonds is 5. The monoisotopic (exact) mass is 420 g/mol. The van der Waals surface area contributed by atoms with Gasteiger partial charge in [-0.15, -0.1) is 0 Å². The van der Waals surface area contributed by atoms with Gasteiger partial charge in [-0.05, 0) is 36.1 Å². The van der Waals surface area contributed by atoms with Crippen LogP contribution >= 0.6 is 0 Å². The normalized spacial score (nSPS) is 22.7. The lowest BCUT2D eigenvalue weighted by Gasteiger charge is -2.36. The maximum Gasteiger partial charge on any atom is 0.179 e. The van der Waals surface area contributed by atoms with Crippen LogP contribution in [0.1, 0.15) is 36.1 Å². The number of aryl methyl sites for hydroxylation is 1. The van der Waals surface area contributed by atoms with Crippen molar-refractivity contribution in [2.24, 2.45) is 15.2 Å². The molecule has 0 bridgehead atoms. The van der Waals surface area contributed by atoms with Gasteiger partial charge in [0.2, 0.25) is 0 Å². The van der Waals surface area contributed by atoms with Gasteiger partial charge < -0.3 is 5.11 Å². The van der Waals surface area contributed by atoms with Crippen molar-refractivity contribution in [2.75, 3.05) is 19.7 Å². The van der Waals surface area contributed by atoms with Crippen LogP contribution < -0.4 is 0 Å². The third-order valence-electron chi connectivity index (χ3n) is 5.92. The molecule has 0 spiro atoms. The van der Waals surface area contributed by atoms with E-state index < -0.39 is 0 Å². The lowest BCUT2D eigenvalue weighted by atomic mass is 9.70. The number of aliphatic hydroxyl groups excluding tert-OH is 1. The summed E-state index contributed by atoms with van der Waals surface area (Å²) in [6, 6.07) is 6.49. The SMILES string of the molecule is O=C1C=C2N=NCC3=C2C(=NC1)C(c1ncnn1CCCO)C(c1ccc(F)cc1)C3. The predicted molar refractivity (Wildman–Crippen MR) is 110 cm³/mol. The van der Waals surface area contributed by atoms with Crippen LogP contribution in [-0.4, -0.2) is 51.1 Å². The number of benzene rings is 1. The summed E-state index contributed by atoms with van der Waals surface area (Å²) in [6.45, 7) is 1.03. The zero-order valence-corrected chi connectivity index (χ0v) is 16.8. The zero-order chi connectivity index (χ0) is 21.4. The summed E-state index contributed by atoms with van der Waals surface area (Å²) in [7, 11) is 0. The van der Waals surface area contributed by atoms with E-state index >= 15 is 0 Å². The Labute approximate surface area is 177 Å². The van der Waals surface area contributed by atoms with Crippen molar-refractivity contribution in [1.82, 2.24) is 14.8 Å². The molecule has 0 radical (unpaired) electrons. The highest BCUT2D eigenvalue weighted by Gasteiger charge is 2.42. The van der Waals surface area contributed by atoms with E-state index in [2.05, 4.69) is 20.3 Å². The van der Waals surface area contributed by atoms with E-state index in [1.54, 1.807) is 16.8 Å². The first kappa shape index (κ1) is 19.6. The minimum Gasteiger partial charge on any atom is -0.396 e. The van der Waals surface area contributed by atoms with Crippen LogP contribution in [-0.2, 0) is 11.3 Å². The van der Waals surface area contributed by atoms with E-state index in [1.165, 1.54) is 24.5 Å². The van der Waals surface area contributed by atoms with Gasteiger partial charge in [0.25, 0.3) is 0 Å². The van der Waals surface area contributed by atoms with Gasteiger partial charge in [-0.1, -0.05) is 12.1 Å². The van der Waals surface area contributed by atoms with Crippen LogP contribution in [0.2, 0.25) is 0 Å². The number of ketones is 1. The Morgan fingerprint density at radius 1 is 1.19 bits per heavy atom. The van der Waals surface area contributed by atoms with Gasteiger partial charge >= 0.3 is 0 Å². The predicted octanol–water partition coefficient (Wildman–Crippen LogP) is 2.74. The molecule has 3 heterocycles. The summed E-state index contributed by atoms with van der Waals surface area (Å²) in [6.07, 6.45) is 4.23. The third kappa shape index (κ3) is 3.54. The number of aliphatic hydroxyl groups is 1. The summed E-state index contributed by atoms with van der Waals surface area (Å²) in [5, 5.41) is 22.1. The van der Waals surface area contributed by atoms with Gasteiger partial charge in [0, 0.05) is 30.7 Å². The molecule has 9 heteroatoms. The fraction of sp³-hybridized carbons (Fsp3) is 0.364. The number of aromatic nitrogens is 3. The van der Waals surface area contributed by atoms with Crippen molar-refractivity contribution < 1.29 is 14.3 Å². The van der Waals surface area contributed by atoms with E-state index in [4.69, 9.17) is 4.99 Å². The summed E-state index contributed by atoms with van der Waals surface area (Å²) in [5.41, 5.74) is 4.21. The standard InChI is InChI=1S/C22H21FN6O2/c23-15-4-2-13(3-5-15)17-8-14-10-26-28-18-9-16(31)11-24-21(19(14)18)20(17)22-25-12-27-29(22)6-1-7-30/h2-5,9,12,17,20,30H,1,6-8,10-11H2. The van der Waals surface area contributed by atoms with E-state index in [0.29, 0.717) is 37.5 Å². The Morgan fingerprint density at radius 3 is 2.84 bits per heavy atom. The van der Waals surface area contributed by atoms with Gasteiger partial charge in [-0.3, -0.25) is 9.79 Å². The lowest BCUT2D eigenvalue weighted by molar-refractivity contribution is -0.113. The first-order chi connectivity index (χ1) is 15.2. The lowest BCUT2D eigenvalue weighted by Crippen LogP contribution is -2.32. The van der Waals surface area contributed by atoms with Crippen LogP contribution in [0, 0.1) is 5.82 Å². The number of azo groups is 1. The number of nitrogens with zero attached hydrogens (tertiary/aromatic N) is 6. The Balaban J connectivity index is 1.69. The topological polar surface area (TPSA) is 105 Å². The molecule has 0 saturated heterocycles. The van der Waals surface area contributed by atoms with Gasteiger partial charge in [0.15, 0.2) is 5.78 Å². The molecular weight excluding hydrogens is 399 g/mol. The second-order valence-electron chi connectivity index (χ2n) is 7.83. The minimum atomic E-state index is -0.295. The fourth-order valence-electron chi connectivity index (χ4n) is 4.58. The Morgan fingerprint density at radius 2 is 2.03 bits per heavy atom. The van der Waals surface area contributed by atoms with Crippen molar-refractivity contribution >= 4 is 11.5 Å². The molecule has 0 amide bonds. The number of aliphatic imine (C=N–C) groups is 1. The minimum absolute atomic E-state index is 0.0303. The van der Waals surface area contributed by atoms with E-state index in [1.807, 2.05) is 0 Å². The summed E-state index contributed by atoms with van der Waals surface area (Å²) in [4.78, 5) is 21.6. The molecule has 1 aliphatic carbocycles. The summed E-state index contributed by atoms with van der Waals surface area (Å²) in [5.74, 6) is -0.0603. The zero-order valence-electron chi connectivity index (χ0n) is 16.8. The van der Waals surface area contributed by atoms with E-state index in [0.717, 1.165) is 22.4 Å². The van der Waals surface area contributed by atoms with Gasteiger partial charge in [0.05, 0.1) is 23.9 Å². The van der Waals surface area contributed by atoms with E-state index in [9.17, 15) is 14.3 Å². The first-order valence-electron chi connectivity index (χ1n) is 10.3. The molecule has 0 saturated carbocycles. The average molecular weight is 420 g/mol. The molecule has 31 heavy (non-hydrogen) atoms. The van der Waals surface area contributed by atoms with Crippen LogP contribution in [0.25, 0.3) is 0 Å². The number of carbonyl (C=O) groups is 1. The second kappa shape index (κ2) is 8.07. The molecule has 1 aromatic carbocycles.